The van der Waals surface area contributed by atoms with Gasteiger partial charge in [0.2, 0.25) is 5.91 Å². The first-order valence-electron chi connectivity index (χ1n) is 10.1. The highest BCUT2D eigenvalue weighted by Crippen LogP contribution is 2.48. The van der Waals surface area contributed by atoms with Crippen LogP contribution in [0.3, 0.4) is 0 Å². The van der Waals surface area contributed by atoms with Crippen molar-refractivity contribution < 1.29 is 19.4 Å². The summed E-state index contributed by atoms with van der Waals surface area (Å²) in [5, 5.41) is 13.3. The van der Waals surface area contributed by atoms with Crippen molar-refractivity contribution in [2.45, 2.75) is 57.2 Å². The van der Waals surface area contributed by atoms with Gasteiger partial charge in [-0.05, 0) is 50.3 Å². The number of carboxylic acid groups (broad SMARTS) is 1. The second-order valence-corrected chi connectivity index (χ2v) is 8.48. The third-order valence-corrected chi connectivity index (χ3v) is 6.11. The standard InChI is InChI=1S/C21H31N3O4/c1-14(2)11-21(20(26)27)12-17(19(25)23-16-6-9-28-10-7-16)18(24(21)3)15-5-4-8-22-13-15/h4-5,8,13-14,16-18H,6-7,9-12H2,1-3H3,(H,23,25)(H,26,27)/t17-,18-,21-/m0/s1. The number of hydrogen-bond acceptors (Lipinski definition) is 5. The molecule has 3 rings (SSSR count). The van der Waals surface area contributed by atoms with Crippen LogP contribution in [0, 0.1) is 11.8 Å². The summed E-state index contributed by atoms with van der Waals surface area (Å²) in [5.74, 6) is -1.17. The van der Waals surface area contributed by atoms with E-state index in [1.54, 1.807) is 12.4 Å². The fourth-order valence-corrected chi connectivity index (χ4v) is 4.78. The summed E-state index contributed by atoms with van der Waals surface area (Å²) in [4.78, 5) is 31.7. The molecule has 1 aromatic rings. The van der Waals surface area contributed by atoms with Crippen molar-refractivity contribution in [3.8, 4) is 0 Å². The molecule has 0 spiro atoms. The highest BCUT2D eigenvalue weighted by molar-refractivity contribution is 5.85. The van der Waals surface area contributed by atoms with Crippen LogP contribution in [0.15, 0.2) is 24.5 Å². The highest BCUT2D eigenvalue weighted by atomic mass is 16.5. The first-order valence-corrected chi connectivity index (χ1v) is 10.1. The fourth-order valence-electron chi connectivity index (χ4n) is 4.78. The number of nitrogens with one attached hydrogen (secondary N) is 1. The molecule has 154 valence electrons. The first-order chi connectivity index (χ1) is 13.3. The molecule has 3 heterocycles. The minimum absolute atomic E-state index is 0.0699. The van der Waals surface area contributed by atoms with Gasteiger partial charge >= 0.3 is 5.97 Å². The number of likely N-dealkylation sites (N-methyl/N-ethyl adjacent to an activating group) is 1. The van der Waals surface area contributed by atoms with Gasteiger partial charge < -0.3 is 15.2 Å². The van der Waals surface area contributed by atoms with Gasteiger partial charge in [-0.25, -0.2) is 0 Å². The van der Waals surface area contributed by atoms with Crippen molar-refractivity contribution in [1.29, 1.82) is 0 Å². The van der Waals surface area contributed by atoms with E-state index in [4.69, 9.17) is 4.74 Å². The summed E-state index contributed by atoms with van der Waals surface area (Å²) in [5.41, 5.74) is -0.184. The van der Waals surface area contributed by atoms with E-state index < -0.39 is 17.4 Å². The molecular weight excluding hydrogens is 358 g/mol. The maximum atomic E-state index is 13.2. The van der Waals surface area contributed by atoms with Crippen LogP contribution in [0.4, 0.5) is 0 Å². The number of carboxylic acids is 1. The first kappa shape index (κ1) is 20.7. The smallest absolute Gasteiger partial charge is 0.324 e. The van der Waals surface area contributed by atoms with E-state index in [1.807, 2.05) is 37.9 Å². The van der Waals surface area contributed by atoms with Crippen LogP contribution in [0.5, 0.6) is 0 Å². The molecule has 28 heavy (non-hydrogen) atoms. The lowest BCUT2D eigenvalue weighted by molar-refractivity contribution is -0.151. The SMILES string of the molecule is CC(C)C[C@@]1(C(=O)O)C[C@H](C(=O)NC2CCOCC2)[C@H](c2cccnc2)N1C. The fraction of sp³-hybridized carbons (Fsp3) is 0.667. The quantitative estimate of drug-likeness (QED) is 0.775. The molecule has 0 aliphatic carbocycles. The van der Waals surface area contributed by atoms with Crippen LogP contribution in [0.2, 0.25) is 0 Å². The average molecular weight is 389 g/mol. The summed E-state index contributed by atoms with van der Waals surface area (Å²) in [6, 6.07) is 3.53. The molecule has 2 aliphatic heterocycles. The number of amides is 1. The van der Waals surface area contributed by atoms with Crippen molar-refractivity contribution in [2.24, 2.45) is 11.8 Å². The Hall–Kier alpha value is -1.99. The molecule has 1 aromatic heterocycles. The summed E-state index contributed by atoms with van der Waals surface area (Å²) >= 11 is 0. The Morgan fingerprint density at radius 3 is 2.68 bits per heavy atom. The zero-order chi connectivity index (χ0) is 20.3. The van der Waals surface area contributed by atoms with Crippen molar-refractivity contribution >= 4 is 11.9 Å². The lowest BCUT2D eigenvalue weighted by Gasteiger charge is -2.36. The third kappa shape index (κ3) is 4.05. The van der Waals surface area contributed by atoms with Crippen LogP contribution >= 0.6 is 0 Å². The molecule has 0 saturated carbocycles. The molecule has 3 atom stereocenters. The van der Waals surface area contributed by atoms with Gasteiger partial charge in [-0.1, -0.05) is 19.9 Å². The minimum Gasteiger partial charge on any atom is -0.480 e. The topological polar surface area (TPSA) is 91.8 Å². The van der Waals surface area contributed by atoms with Gasteiger partial charge in [-0.2, -0.15) is 0 Å². The normalized spacial score (nSPS) is 29.1. The number of nitrogens with zero attached hydrogens (tertiary/aromatic N) is 2. The predicted molar refractivity (Wildman–Crippen MR) is 105 cm³/mol. The Morgan fingerprint density at radius 1 is 1.39 bits per heavy atom. The third-order valence-electron chi connectivity index (χ3n) is 6.11. The van der Waals surface area contributed by atoms with Crippen LogP contribution < -0.4 is 5.32 Å². The van der Waals surface area contributed by atoms with Crippen LogP contribution in [-0.4, -0.2) is 58.7 Å². The predicted octanol–water partition coefficient (Wildman–Crippen LogP) is 2.24. The molecule has 0 unspecified atom stereocenters. The van der Waals surface area contributed by atoms with E-state index in [0.717, 1.165) is 18.4 Å². The number of ether oxygens (including phenoxy) is 1. The summed E-state index contributed by atoms with van der Waals surface area (Å²) in [7, 11) is 1.83. The van der Waals surface area contributed by atoms with Gasteiger partial charge in [0.15, 0.2) is 0 Å². The molecule has 2 aliphatic rings. The zero-order valence-electron chi connectivity index (χ0n) is 16.9. The Morgan fingerprint density at radius 2 is 2.11 bits per heavy atom. The Balaban J connectivity index is 1.92. The largest absolute Gasteiger partial charge is 0.480 e. The molecule has 2 N–H and O–H groups in total. The van der Waals surface area contributed by atoms with Crippen molar-refractivity contribution in [1.82, 2.24) is 15.2 Å². The summed E-state index contributed by atoms with van der Waals surface area (Å²) < 4.78 is 5.38. The summed E-state index contributed by atoms with van der Waals surface area (Å²) in [6.07, 6.45) is 5.81. The van der Waals surface area contributed by atoms with Gasteiger partial charge in [0, 0.05) is 37.7 Å². The maximum Gasteiger partial charge on any atom is 0.324 e. The van der Waals surface area contributed by atoms with Crippen LogP contribution in [0.25, 0.3) is 0 Å². The molecule has 1 amide bonds. The molecule has 2 fully saturated rings. The number of likely N-dealkylation sites (tertiary alicyclic amines) is 1. The monoisotopic (exact) mass is 389 g/mol. The van der Waals surface area contributed by atoms with E-state index in [2.05, 4.69) is 10.3 Å². The number of carbonyl (C=O) groups excluding carboxylic acids is 1. The number of hydrogen-bond donors (Lipinski definition) is 2. The molecule has 7 heteroatoms. The number of aromatic nitrogens is 1. The summed E-state index contributed by atoms with van der Waals surface area (Å²) in [6.45, 7) is 5.34. The van der Waals surface area contributed by atoms with Gasteiger partial charge in [-0.15, -0.1) is 0 Å². The second-order valence-electron chi connectivity index (χ2n) is 8.48. The lowest BCUT2D eigenvalue weighted by Crippen LogP contribution is -2.50. The Kier molecular flexibility index (Phi) is 6.35. The minimum atomic E-state index is -1.06. The van der Waals surface area contributed by atoms with Crippen LogP contribution in [0.1, 0.15) is 51.1 Å². The maximum absolute atomic E-state index is 13.2. The number of rotatable bonds is 6. The van der Waals surface area contributed by atoms with Gasteiger partial charge in [0.25, 0.3) is 0 Å². The van der Waals surface area contributed by atoms with Gasteiger partial charge in [0.1, 0.15) is 5.54 Å². The Bertz CT molecular complexity index is 690. The van der Waals surface area contributed by atoms with Gasteiger partial charge in [0.05, 0.1) is 5.92 Å². The lowest BCUT2D eigenvalue weighted by atomic mass is 9.83. The van der Waals surface area contributed by atoms with E-state index in [9.17, 15) is 14.7 Å². The number of carbonyl (C=O) groups is 2. The zero-order valence-corrected chi connectivity index (χ0v) is 16.9. The van der Waals surface area contributed by atoms with E-state index >= 15 is 0 Å². The highest BCUT2D eigenvalue weighted by Gasteiger charge is 2.57. The molecule has 0 radical (unpaired) electrons. The molecule has 0 bridgehead atoms. The van der Waals surface area contributed by atoms with E-state index in [1.165, 1.54) is 0 Å². The van der Waals surface area contributed by atoms with E-state index in [-0.39, 0.29) is 23.9 Å². The molecule has 7 nitrogen and oxygen atoms in total. The van der Waals surface area contributed by atoms with Crippen molar-refractivity contribution in [3.63, 3.8) is 0 Å². The molecular formula is C21H31N3O4. The molecule has 2 saturated heterocycles. The second kappa shape index (κ2) is 8.57. The molecule has 0 aromatic carbocycles. The van der Waals surface area contributed by atoms with Crippen LogP contribution in [-0.2, 0) is 14.3 Å². The average Bonchev–Trinajstić information content (AvgIpc) is 2.96. The van der Waals surface area contributed by atoms with E-state index in [0.29, 0.717) is 26.1 Å². The van der Waals surface area contributed by atoms with Crippen molar-refractivity contribution in [3.05, 3.63) is 30.1 Å². The number of aliphatic carboxylic acids is 1. The van der Waals surface area contributed by atoms with Gasteiger partial charge in [-0.3, -0.25) is 19.5 Å². The Labute approximate surface area is 166 Å². The number of pyridine rings is 1. The van der Waals surface area contributed by atoms with Crippen molar-refractivity contribution in [2.75, 3.05) is 20.3 Å².